The first kappa shape index (κ1) is 28.0. The highest BCUT2D eigenvalue weighted by Crippen LogP contribution is 2.47. The monoisotopic (exact) mass is 580 g/mol. The molecule has 0 aromatic heterocycles. The molecule has 0 radical (unpaired) electrons. The van der Waals surface area contributed by atoms with Crippen molar-refractivity contribution in [2.45, 2.75) is 57.5 Å². The standard InChI is InChI=1S/C32H37ClN2O6/c1-40-29-14-20(4-11-28(29)41-13-12-35-30(36)25-16-26(25)31(35)37)18-34(17-19-2-5-21(6-3-19)32(38)39)27-10-7-22-15-23(33)8-9-24(22)27/h4,8-9,11,14-15,19,21,25-27H,2-3,5-7,10,12-13,16-18H2,1H3,(H,38,39)/t19-,21-,25?,26?,27-/m0/s1. The maximum atomic E-state index is 12.2. The number of hydrogen-bond donors (Lipinski definition) is 1. The number of carboxylic acids is 1. The molecule has 218 valence electrons. The number of piperidine rings is 1. The van der Waals surface area contributed by atoms with E-state index < -0.39 is 5.97 Å². The van der Waals surface area contributed by atoms with Crippen LogP contribution in [-0.4, -0.2) is 59.5 Å². The number of aliphatic carboxylic acids is 1. The lowest BCUT2D eigenvalue weighted by atomic mass is 9.81. The second kappa shape index (κ2) is 11.6. The van der Waals surface area contributed by atoms with Crippen molar-refractivity contribution in [3.05, 3.63) is 58.1 Å². The van der Waals surface area contributed by atoms with E-state index in [1.165, 1.54) is 16.0 Å². The molecule has 3 fully saturated rings. The number of methoxy groups -OCH3 is 1. The molecule has 2 aromatic carbocycles. The van der Waals surface area contributed by atoms with E-state index in [0.717, 1.165) is 62.2 Å². The molecule has 0 spiro atoms. The van der Waals surface area contributed by atoms with Crippen molar-refractivity contribution in [3.8, 4) is 11.5 Å². The fraction of sp³-hybridized carbons (Fsp3) is 0.531. The van der Waals surface area contributed by atoms with Gasteiger partial charge in [-0.25, -0.2) is 0 Å². The zero-order chi connectivity index (χ0) is 28.7. The maximum Gasteiger partial charge on any atom is 0.306 e. The summed E-state index contributed by atoms with van der Waals surface area (Å²) >= 11 is 6.30. The highest BCUT2D eigenvalue weighted by atomic mass is 35.5. The molecule has 3 aliphatic carbocycles. The lowest BCUT2D eigenvalue weighted by Gasteiger charge is -2.35. The van der Waals surface area contributed by atoms with Gasteiger partial charge in [0.05, 0.1) is 31.4 Å². The molecule has 9 heteroatoms. The number of ether oxygens (including phenoxy) is 2. The molecule has 1 N–H and O–H groups in total. The lowest BCUT2D eigenvalue weighted by molar-refractivity contribution is -0.143. The number of amides is 2. The Hall–Kier alpha value is -3.10. The number of carboxylic acid groups (broad SMARTS) is 1. The predicted octanol–water partition coefficient (Wildman–Crippen LogP) is 5.11. The Morgan fingerprint density at radius 1 is 1.02 bits per heavy atom. The molecular weight excluding hydrogens is 544 g/mol. The molecule has 3 atom stereocenters. The Balaban J connectivity index is 1.14. The minimum Gasteiger partial charge on any atom is -0.493 e. The van der Waals surface area contributed by atoms with Crippen LogP contribution in [0.2, 0.25) is 5.02 Å². The molecule has 0 bridgehead atoms. The van der Waals surface area contributed by atoms with Crippen molar-refractivity contribution in [1.29, 1.82) is 0 Å². The molecule has 1 aliphatic heterocycles. The molecule has 2 aromatic rings. The average molecular weight is 581 g/mol. The average Bonchev–Trinajstić information content (AvgIpc) is 3.61. The van der Waals surface area contributed by atoms with Crippen LogP contribution in [0, 0.1) is 23.7 Å². The van der Waals surface area contributed by atoms with Crippen molar-refractivity contribution in [2.24, 2.45) is 23.7 Å². The summed E-state index contributed by atoms with van der Waals surface area (Å²) in [6, 6.07) is 12.4. The number of imide groups is 1. The van der Waals surface area contributed by atoms with Crippen LogP contribution in [0.3, 0.4) is 0 Å². The van der Waals surface area contributed by atoms with E-state index in [-0.39, 0.29) is 48.8 Å². The third-order valence-electron chi connectivity index (χ3n) is 9.42. The van der Waals surface area contributed by atoms with Gasteiger partial charge in [-0.1, -0.05) is 23.7 Å². The van der Waals surface area contributed by atoms with Gasteiger partial charge < -0.3 is 14.6 Å². The largest absolute Gasteiger partial charge is 0.493 e. The van der Waals surface area contributed by atoms with Gasteiger partial charge in [-0.3, -0.25) is 24.2 Å². The van der Waals surface area contributed by atoms with Gasteiger partial charge in [-0.05, 0) is 91.8 Å². The van der Waals surface area contributed by atoms with Crippen molar-refractivity contribution in [1.82, 2.24) is 9.80 Å². The quantitative estimate of drug-likeness (QED) is 0.369. The Morgan fingerprint density at radius 3 is 2.49 bits per heavy atom. The zero-order valence-corrected chi connectivity index (χ0v) is 24.1. The number of halogens is 1. The van der Waals surface area contributed by atoms with E-state index in [9.17, 15) is 19.5 Å². The third kappa shape index (κ3) is 5.82. The molecule has 1 heterocycles. The first-order valence-electron chi connectivity index (χ1n) is 14.7. The summed E-state index contributed by atoms with van der Waals surface area (Å²) in [6.07, 6.45) is 6.03. The summed E-state index contributed by atoms with van der Waals surface area (Å²) in [4.78, 5) is 39.9. The van der Waals surface area contributed by atoms with Crippen LogP contribution in [0.15, 0.2) is 36.4 Å². The van der Waals surface area contributed by atoms with E-state index in [1.54, 1.807) is 7.11 Å². The molecule has 2 amide bonds. The number of fused-ring (bicyclic) bond motifs is 2. The van der Waals surface area contributed by atoms with Crippen molar-refractivity contribution < 1.29 is 29.0 Å². The van der Waals surface area contributed by atoms with E-state index in [0.29, 0.717) is 23.8 Å². The van der Waals surface area contributed by atoms with Crippen LogP contribution in [-0.2, 0) is 27.3 Å². The van der Waals surface area contributed by atoms with Crippen LogP contribution < -0.4 is 9.47 Å². The number of carbonyl (C=O) groups is 3. The molecular formula is C32H37ClN2O6. The normalized spacial score (nSPS) is 26.7. The van der Waals surface area contributed by atoms with Crippen molar-refractivity contribution >= 4 is 29.4 Å². The van der Waals surface area contributed by atoms with Crippen LogP contribution in [0.25, 0.3) is 0 Å². The molecule has 2 saturated carbocycles. The van der Waals surface area contributed by atoms with Crippen LogP contribution >= 0.6 is 11.6 Å². The number of nitrogens with zero attached hydrogens (tertiary/aromatic N) is 2. The highest BCUT2D eigenvalue weighted by molar-refractivity contribution is 6.30. The van der Waals surface area contributed by atoms with E-state index >= 15 is 0 Å². The Kier molecular flexibility index (Phi) is 7.97. The molecule has 8 nitrogen and oxygen atoms in total. The topological polar surface area (TPSA) is 96.4 Å². The van der Waals surface area contributed by atoms with E-state index in [4.69, 9.17) is 21.1 Å². The Morgan fingerprint density at radius 2 is 1.78 bits per heavy atom. The van der Waals surface area contributed by atoms with Gasteiger partial charge in [-0.15, -0.1) is 0 Å². The van der Waals surface area contributed by atoms with Crippen LogP contribution in [0.1, 0.15) is 61.3 Å². The minimum atomic E-state index is -0.674. The zero-order valence-electron chi connectivity index (χ0n) is 23.4. The fourth-order valence-corrected chi connectivity index (χ4v) is 7.24. The first-order valence-corrected chi connectivity index (χ1v) is 15.1. The number of carbonyl (C=O) groups excluding carboxylic acids is 2. The van der Waals surface area contributed by atoms with Crippen LogP contribution in [0.5, 0.6) is 11.5 Å². The minimum absolute atomic E-state index is 0.0711. The van der Waals surface area contributed by atoms with Crippen molar-refractivity contribution in [3.63, 3.8) is 0 Å². The predicted molar refractivity (Wildman–Crippen MR) is 153 cm³/mol. The van der Waals surface area contributed by atoms with Gasteiger partial charge >= 0.3 is 5.97 Å². The fourth-order valence-electron chi connectivity index (χ4n) is 7.05. The number of aryl methyl sites for hydroxylation is 1. The molecule has 1 saturated heterocycles. The highest BCUT2D eigenvalue weighted by Gasteiger charge is 2.58. The smallest absolute Gasteiger partial charge is 0.306 e. The molecule has 41 heavy (non-hydrogen) atoms. The lowest BCUT2D eigenvalue weighted by Crippen LogP contribution is -2.36. The summed E-state index contributed by atoms with van der Waals surface area (Å²) in [5, 5.41) is 10.2. The number of likely N-dealkylation sites (tertiary alicyclic amines) is 1. The molecule has 2 unspecified atom stereocenters. The summed E-state index contributed by atoms with van der Waals surface area (Å²) in [5.41, 5.74) is 3.72. The van der Waals surface area contributed by atoms with Crippen molar-refractivity contribution in [2.75, 3.05) is 26.8 Å². The van der Waals surface area contributed by atoms with E-state index in [2.05, 4.69) is 17.0 Å². The summed E-state index contributed by atoms with van der Waals surface area (Å²) in [7, 11) is 1.61. The third-order valence-corrected chi connectivity index (χ3v) is 9.66. The van der Waals surface area contributed by atoms with Gasteiger partial charge in [0, 0.05) is 24.2 Å². The van der Waals surface area contributed by atoms with Gasteiger partial charge in [0.25, 0.3) is 0 Å². The Bertz CT molecular complexity index is 1320. The number of hydrogen-bond acceptors (Lipinski definition) is 6. The second-order valence-corrected chi connectivity index (χ2v) is 12.4. The summed E-state index contributed by atoms with van der Waals surface area (Å²) < 4.78 is 11.6. The number of benzene rings is 2. The maximum absolute atomic E-state index is 12.2. The van der Waals surface area contributed by atoms with Gasteiger partial charge in [0.2, 0.25) is 11.8 Å². The summed E-state index contributed by atoms with van der Waals surface area (Å²) in [6.45, 7) is 2.10. The van der Waals surface area contributed by atoms with E-state index in [1.807, 2.05) is 24.3 Å². The second-order valence-electron chi connectivity index (χ2n) is 12.0. The summed E-state index contributed by atoms with van der Waals surface area (Å²) in [5.74, 6) is 0.408. The van der Waals surface area contributed by atoms with Gasteiger partial charge in [0.1, 0.15) is 6.61 Å². The SMILES string of the molecule is COc1cc(CN(C[C@H]2CC[C@H](C(=O)O)CC2)[C@H]2CCc3cc(Cl)ccc32)ccc1OCCN1C(=O)C2CC2C1=O. The van der Waals surface area contributed by atoms with Crippen LogP contribution in [0.4, 0.5) is 0 Å². The Labute approximate surface area is 245 Å². The van der Waals surface area contributed by atoms with Gasteiger partial charge in [-0.2, -0.15) is 0 Å². The molecule has 6 rings (SSSR count). The molecule has 4 aliphatic rings. The first-order chi connectivity index (χ1) is 19.8. The van der Waals surface area contributed by atoms with Gasteiger partial charge in [0.15, 0.2) is 11.5 Å². The number of rotatable bonds is 11.